The molecule has 0 atom stereocenters. The summed E-state index contributed by atoms with van der Waals surface area (Å²) in [6.45, 7) is 0. The van der Waals surface area contributed by atoms with Gasteiger partial charge < -0.3 is 4.74 Å². The zero-order chi connectivity index (χ0) is 30.8. The predicted octanol–water partition coefficient (Wildman–Crippen LogP) is 5.52. The lowest BCUT2D eigenvalue weighted by Crippen LogP contribution is -2.17. The van der Waals surface area contributed by atoms with Crippen molar-refractivity contribution >= 4 is 69.6 Å². The Morgan fingerprint density at radius 3 is 1.59 bits per heavy atom. The fourth-order valence-electron chi connectivity index (χ4n) is 5.77. The van der Waals surface area contributed by atoms with Crippen molar-refractivity contribution in [3.8, 4) is 0 Å². The molecular weight excluding hydrogens is 601 g/mol. The van der Waals surface area contributed by atoms with E-state index in [1.807, 2.05) is 0 Å². The molecule has 0 saturated heterocycles. The molecule has 2 heterocycles. The Labute approximate surface area is 251 Å². The molecule has 0 aliphatic heterocycles. The maximum Gasteiger partial charge on any atom is 0.340 e. The van der Waals surface area contributed by atoms with Gasteiger partial charge in [-0.1, -0.05) is 72.8 Å². The minimum atomic E-state index is -4.38. The minimum absolute atomic E-state index is 0.0490. The Balaban J connectivity index is 1.81. The van der Waals surface area contributed by atoms with E-state index in [0.717, 1.165) is 15.1 Å². The van der Waals surface area contributed by atoms with Gasteiger partial charge in [-0.3, -0.25) is 4.79 Å². The largest absolute Gasteiger partial charge is 0.465 e. The fourth-order valence-corrected chi connectivity index (χ4v) is 8.89. The molecule has 0 unspecified atom stereocenters. The third-order valence-corrected chi connectivity index (χ3v) is 11.1. The Kier molecular flexibility index (Phi) is 6.20. The quantitative estimate of drug-likeness (QED) is 0.232. The van der Waals surface area contributed by atoms with Crippen LogP contribution in [0.25, 0.3) is 43.6 Å². The van der Waals surface area contributed by atoms with Crippen molar-refractivity contribution in [1.82, 2.24) is 7.94 Å². The van der Waals surface area contributed by atoms with Crippen LogP contribution in [0, 0.1) is 0 Å². The third kappa shape index (κ3) is 3.83. The summed E-state index contributed by atoms with van der Waals surface area (Å²) >= 11 is 0. The van der Waals surface area contributed by atoms with E-state index >= 15 is 0 Å². The minimum Gasteiger partial charge on any atom is -0.465 e. The van der Waals surface area contributed by atoms with E-state index in [-0.39, 0.29) is 53.6 Å². The summed E-state index contributed by atoms with van der Waals surface area (Å²) in [6.07, 6.45) is 0. The first-order valence-corrected chi connectivity index (χ1v) is 16.3. The van der Waals surface area contributed by atoms with E-state index in [1.165, 1.54) is 36.4 Å². The molecule has 218 valence electrons. The summed E-state index contributed by atoms with van der Waals surface area (Å²) in [4.78, 5) is 28.3. The number of nitrogens with zero attached hydrogens (tertiary/aromatic N) is 2. The average Bonchev–Trinajstić information content (AvgIpc) is 3.54. The number of carbonyl (C=O) groups is 1. The molecule has 0 amide bonds. The lowest BCUT2D eigenvalue weighted by Gasteiger charge is -2.10. The first-order chi connectivity index (χ1) is 21.2. The number of esters is 1. The first kappa shape index (κ1) is 27.6. The van der Waals surface area contributed by atoms with E-state index in [4.69, 9.17) is 4.74 Å². The van der Waals surface area contributed by atoms with E-state index in [9.17, 15) is 26.4 Å². The molecule has 44 heavy (non-hydrogen) atoms. The maximum absolute atomic E-state index is 14.9. The highest BCUT2D eigenvalue weighted by molar-refractivity contribution is 7.90. The SMILES string of the molecule is COC(=O)c1cc2c3ccccc3n(S(=O)(=O)c3ccccc3)c2c(=O)c2c3ccccc3n(S(=O)(=O)c3ccccc3)c12. The number of rotatable bonds is 5. The average molecular weight is 623 g/mol. The molecule has 2 aromatic heterocycles. The smallest absolute Gasteiger partial charge is 0.340 e. The summed E-state index contributed by atoms with van der Waals surface area (Å²) in [5.41, 5.74) is -1.06. The number of hydrogen-bond donors (Lipinski definition) is 0. The highest BCUT2D eigenvalue weighted by Crippen LogP contribution is 2.37. The van der Waals surface area contributed by atoms with Gasteiger partial charge in [0.05, 0.1) is 44.4 Å². The predicted molar refractivity (Wildman–Crippen MR) is 168 cm³/mol. The molecule has 0 saturated carbocycles. The summed E-state index contributed by atoms with van der Waals surface area (Å²) in [7, 11) is -7.58. The summed E-state index contributed by atoms with van der Waals surface area (Å²) in [6, 6.07) is 29.6. The molecule has 9 nitrogen and oxygen atoms in total. The van der Waals surface area contributed by atoms with Gasteiger partial charge >= 0.3 is 5.97 Å². The highest BCUT2D eigenvalue weighted by Gasteiger charge is 2.31. The van der Waals surface area contributed by atoms with Crippen molar-refractivity contribution in [3.05, 3.63) is 131 Å². The normalized spacial score (nSPS) is 12.3. The van der Waals surface area contributed by atoms with Crippen LogP contribution in [0.4, 0.5) is 0 Å². The van der Waals surface area contributed by atoms with Gasteiger partial charge in [0.1, 0.15) is 5.52 Å². The number of carbonyl (C=O) groups excluding carboxylic acids is 1. The van der Waals surface area contributed by atoms with Gasteiger partial charge in [0.15, 0.2) is 0 Å². The third-order valence-electron chi connectivity index (χ3n) is 7.66. The molecule has 11 heteroatoms. The molecule has 7 rings (SSSR count). The number of aromatic nitrogens is 2. The van der Waals surface area contributed by atoms with Crippen LogP contribution in [0.15, 0.2) is 130 Å². The van der Waals surface area contributed by atoms with Gasteiger partial charge in [0.25, 0.3) is 20.0 Å². The molecule has 0 bridgehead atoms. The van der Waals surface area contributed by atoms with Crippen molar-refractivity contribution < 1.29 is 26.4 Å². The second-order valence-electron chi connectivity index (χ2n) is 10.1. The summed E-state index contributed by atoms with van der Waals surface area (Å²) in [5.74, 6) is -0.901. The van der Waals surface area contributed by atoms with Crippen LogP contribution in [-0.2, 0) is 24.8 Å². The highest BCUT2D eigenvalue weighted by atomic mass is 32.2. The Hall–Kier alpha value is -5.26. The van der Waals surface area contributed by atoms with Crippen LogP contribution in [0.3, 0.4) is 0 Å². The fraction of sp³-hybridized carbons (Fsp3) is 0.0303. The van der Waals surface area contributed by atoms with Gasteiger partial charge in [-0.2, -0.15) is 0 Å². The lowest BCUT2D eigenvalue weighted by atomic mass is 10.1. The zero-order valence-corrected chi connectivity index (χ0v) is 24.7. The van der Waals surface area contributed by atoms with Gasteiger partial charge in [-0.15, -0.1) is 0 Å². The molecule has 0 N–H and O–H groups in total. The molecule has 0 aliphatic rings. The van der Waals surface area contributed by atoms with Gasteiger partial charge in [0.2, 0.25) is 5.43 Å². The molecule has 5 aromatic carbocycles. The topological polar surface area (TPSA) is 122 Å². The standard InChI is InChI=1S/C33H22N2O7S2/c1-42-33(37)26-20-25-23-16-8-10-18-27(23)35(44(40,41)22-14-6-3-7-15-22)31(25)32(36)29-24-17-9-11-19-28(24)34(30(26)29)43(38,39)21-12-4-2-5-13-21/h2-20H,1H3. The van der Waals surface area contributed by atoms with Crippen molar-refractivity contribution in [2.75, 3.05) is 7.11 Å². The van der Waals surface area contributed by atoms with Crippen molar-refractivity contribution in [3.63, 3.8) is 0 Å². The van der Waals surface area contributed by atoms with Gasteiger partial charge in [-0.25, -0.2) is 29.6 Å². The van der Waals surface area contributed by atoms with Crippen LogP contribution in [-0.4, -0.2) is 37.9 Å². The number of methoxy groups -OCH3 is 1. The monoisotopic (exact) mass is 622 g/mol. The van der Waals surface area contributed by atoms with Crippen LogP contribution in [0.1, 0.15) is 10.4 Å². The molecular formula is C33H22N2O7S2. The first-order valence-electron chi connectivity index (χ1n) is 13.4. The number of hydrogen-bond acceptors (Lipinski definition) is 7. The van der Waals surface area contributed by atoms with E-state index < -0.39 is 31.4 Å². The van der Waals surface area contributed by atoms with Crippen LogP contribution in [0.5, 0.6) is 0 Å². The van der Waals surface area contributed by atoms with Crippen molar-refractivity contribution in [2.45, 2.75) is 9.79 Å². The second-order valence-corrected chi connectivity index (χ2v) is 13.6. The lowest BCUT2D eigenvalue weighted by molar-refractivity contribution is 0.0603. The van der Waals surface area contributed by atoms with Crippen LogP contribution in [0.2, 0.25) is 0 Å². The van der Waals surface area contributed by atoms with Crippen molar-refractivity contribution in [2.24, 2.45) is 0 Å². The summed E-state index contributed by atoms with van der Waals surface area (Å²) < 4.78 is 64.1. The van der Waals surface area contributed by atoms with Crippen LogP contribution >= 0.6 is 0 Å². The van der Waals surface area contributed by atoms with Crippen molar-refractivity contribution in [1.29, 1.82) is 0 Å². The van der Waals surface area contributed by atoms with Gasteiger partial charge in [-0.05, 0) is 42.5 Å². The number of para-hydroxylation sites is 2. The summed E-state index contributed by atoms with van der Waals surface area (Å²) in [5, 5.41) is 0.615. The molecule has 7 aromatic rings. The maximum atomic E-state index is 14.9. The number of benzene rings is 4. The molecule has 0 radical (unpaired) electrons. The Morgan fingerprint density at radius 1 is 0.591 bits per heavy atom. The van der Waals surface area contributed by atoms with Crippen LogP contribution < -0.4 is 5.43 Å². The van der Waals surface area contributed by atoms with E-state index in [1.54, 1.807) is 78.9 Å². The van der Waals surface area contributed by atoms with E-state index in [0.29, 0.717) is 5.39 Å². The Morgan fingerprint density at radius 2 is 1.05 bits per heavy atom. The number of ether oxygens (including phenoxy) is 1. The second kappa shape index (κ2) is 9.90. The van der Waals surface area contributed by atoms with E-state index in [2.05, 4.69) is 0 Å². The zero-order valence-electron chi connectivity index (χ0n) is 23.0. The Bertz CT molecular complexity index is 2590. The molecule has 0 fully saturated rings. The number of fused-ring (bicyclic) bond motifs is 6. The molecule has 0 aliphatic carbocycles. The molecule has 0 spiro atoms. The van der Waals surface area contributed by atoms with Gasteiger partial charge in [0, 0.05) is 16.2 Å².